The number of benzene rings is 1. The molecule has 1 amide bonds. The van der Waals surface area contributed by atoms with E-state index in [9.17, 15) is 4.79 Å². The summed E-state index contributed by atoms with van der Waals surface area (Å²) in [5.74, 6) is 0.573. The van der Waals surface area contributed by atoms with E-state index in [0.717, 1.165) is 30.3 Å². The van der Waals surface area contributed by atoms with Gasteiger partial charge in [-0.3, -0.25) is 4.79 Å². The standard InChI is InChI=1S/C15H22BrNO2/c1-12-7-8-14(19-2)13(11-12)15(18)17-10-6-4-3-5-9-16/h7-8,11H,3-6,9-10H2,1-2H3,(H,17,18). The lowest BCUT2D eigenvalue weighted by Crippen LogP contribution is -2.25. The van der Waals surface area contributed by atoms with Crippen LogP contribution in [0.5, 0.6) is 5.75 Å². The Morgan fingerprint density at radius 3 is 2.68 bits per heavy atom. The number of ether oxygens (including phenoxy) is 1. The molecule has 0 unspecified atom stereocenters. The number of halogens is 1. The van der Waals surface area contributed by atoms with Crippen LogP contribution in [-0.2, 0) is 0 Å². The van der Waals surface area contributed by atoms with Crippen LogP contribution in [-0.4, -0.2) is 24.9 Å². The lowest BCUT2D eigenvalue weighted by atomic mass is 10.1. The molecule has 0 aliphatic rings. The normalized spacial score (nSPS) is 10.3. The minimum atomic E-state index is -0.0546. The van der Waals surface area contributed by atoms with Crippen LogP contribution in [0.25, 0.3) is 0 Å². The van der Waals surface area contributed by atoms with E-state index in [0.29, 0.717) is 11.3 Å². The summed E-state index contributed by atoms with van der Waals surface area (Å²) >= 11 is 3.41. The first-order valence-electron chi connectivity index (χ1n) is 6.68. The quantitative estimate of drug-likeness (QED) is 0.584. The molecule has 106 valence electrons. The zero-order chi connectivity index (χ0) is 14.1. The van der Waals surface area contributed by atoms with E-state index in [1.165, 1.54) is 12.8 Å². The van der Waals surface area contributed by atoms with Crippen molar-refractivity contribution in [2.75, 3.05) is 19.0 Å². The molecule has 0 saturated carbocycles. The highest BCUT2D eigenvalue weighted by Gasteiger charge is 2.11. The van der Waals surface area contributed by atoms with Gasteiger partial charge in [0, 0.05) is 11.9 Å². The number of aryl methyl sites for hydroxylation is 1. The predicted octanol–water partition coefficient (Wildman–Crippen LogP) is 3.69. The monoisotopic (exact) mass is 327 g/mol. The van der Waals surface area contributed by atoms with E-state index in [1.54, 1.807) is 7.11 Å². The highest BCUT2D eigenvalue weighted by molar-refractivity contribution is 9.09. The van der Waals surface area contributed by atoms with Crippen molar-refractivity contribution in [3.05, 3.63) is 29.3 Å². The summed E-state index contributed by atoms with van der Waals surface area (Å²) in [7, 11) is 1.59. The van der Waals surface area contributed by atoms with Gasteiger partial charge >= 0.3 is 0 Å². The number of hydrogen-bond acceptors (Lipinski definition) is 2. The lowest BCUT2D eigenvalue weighted by Gasteiger charge is -2.10. The highest BCUT2D eigenvalue weighted by atomic mass is 79.9. The van der Waals surface area contributed by atoms with E-state index in [2.05, 4.69) is 21.2 Å². The van der Waals surface area contributed by atoms with E-state index >= 15 is 0 Å². The molecular weight excluding hydrogens is 306 g/mol. The van der Waals surface area contributed by atoms with E-state index in [-0.39, 0.29) is 5.91 Å². The predicted molar refractivity (Wildman–Crippen MR) is 82.3 cm³/mol. The Labute approximate surface area is 123 Å². The lowest BCUT2D eigenvalue weighted by molar-refractivity contribution is 0.0950. The Morgan fingerprint density at radius 2 is 2.00 bits per heavy atom. The molecule has 0 bridgehead atoms. The van der Waals surface area contributed by atoms with E-state index in [4.69, 9.17) is 4.74 Å². The smallest absolute Gasteiger partial charge is 0.255 e. The van der Waals surface area contributed by atoms with Gasteiger partial charge in [-0.2, -0.15) is 0 Å². The zero-order valence-electron chi connectivity index (χ0n) is 11.7. The van der Waals surface area contributed by atoms with Crippen LogP contribution in [0, 0.1) is 6.92 Å². The number of rotatable bonds is 8. The van der Waals surface area contributed by atoms with Gasteiger partial charge in [-0.1, -0.05) is 40.4 Å². The molecular formula is C15H22BrNO2. The number of amides is 1. The van der Waals surface area contributed by atoms with Crippen LogP contribution in [0.3, 0.4) is 0 Å². The Balaban J connectivity index is 2.43. The Bertz CT molecular complexity index is 407. The largest absolute Gasteiger partial charge is 0.496 e. The average Bonchev–Trinajstić information content (AvgIpc) is 2.42. The number of alkyl halides is 1. The second kappa shape index (κ2) is 8.97. The molecule has 0 spiro atoms. The average molecular weight is 328 g/mol. The second-order valence-corrected chi connectivity index (χ2v) is 5.36. The van der Waals surface area contributed by atoms with Crippen LogP contribution < -0.4 is 10.1 Å². The fourth-order valence-electron chi connectivity index (χ4n) is 1.87. The van der Waals surface area contributed by atoms with Crippen molar-refractivity contribution in [1.29, 1.82) is 0 Å². The minimum absolute atomic E-state index is 0.0546. The van der Waals surface area contributed by atoms with E-state index in [1.807, 2.05) is 25.1 Å². The molecule has 3 nitrogen and oxygen atoms in total. The molecule has 1 aromatic rings. The summed E-state index contributed by atoms with van der Waals surface area (Å²) < 4.78 is 5.21. The number of methoxy groups -OCH3 is 1. The highest BCUT2D eigenvalue weighted by Crippen LogP contribution is 2.19. The van der Waals surface area contributed by atoms with Crippen molar-refractivity contribution >= 4 is 21.8 Å². The number of carbonyl (C=O) groups excluding carboxylic acids is 1. The summed E-state index contributed by atoms with van der Waals surface area (Å²) in [6.07, 6.45) is 4.57. The fraction of sp³-hybridized carbons (Fsp3) is 0.533. The van der Waals surface area contributed by atoms with Gasteiger partial charge in [-0.15, -0.1) is 0 Å². The summed E-state index contributed by atoms with van der Waals surface area (Å²) in [5.41, 5.74) is 1.67. The minimum Gasteiger partial charge on any atom is -0.496 e. The summed E-state index contributed by atoms with van der Waals surface area (Å²) in [6, 6.07) is 5.63. The van der Waals surface area contributed by atoms with Crippen molar-refractivity contribution in [3.63, 3.8) is 0 Å². The van der Waals surface area contributed by atoms with Crippen LogP contribution >= 0.6 is 15.9 Å². The topological polar surface area (TPSA) is 38.3 Å². The molecule has 1 aromatic carbocycles. The van der Waals surface area contributed by atoms with E-state index < -0.39 is 0 Å². The van der Waals surface area contributed by atoms with Crippen LogP contribution in [0.15, 0.2) is 18.2 Å². The number of hydrogen-bond donors (Lipinski definition) is 1. The molecule has 1 N–H and O–H groups in total. The molecule has 0 fully saturated rings. The first-order chi connectivity index (χ1) is 9.19. The van der Waals surface area contributed by atoms with Gasteiger partial charge in [-0.25, -0.2) is 0 Å². The third-order valence-electron chi connectivity index (χ3n) is 2.95. The molecule has 0 aliphatic carbocycles. The zero-order valence-corrected chi connectivity index (χ0v) is 13.3. The van der Waals surface area contributed by atoms with Crippen LogP contribution in [0.2, 0.25) is 0 Å². The third kappa shape index (κ3) is 5.64. The summed E-state index contributed by atoms with van der Waals surface area (Å²) in [4.78, 5) is 12.1. The van der Waals surface area contributed by atoms with Crippen molar-refractivity contribution < 1.29 is 9.53 Å². The summed E-state index contributed by atoms with van der Waals surface area (Å²) in [5, 5.41) is 4.00. The first-order valence-corrected chi connectivity index (χ1v) is 7.80. The second-order valence-electron chi connectivity index (χ2n) is 4.56. The van der Waals surface area contributed by atoms with Crippen molar-refractivity contribution in [3.8, 4) is 5.75 Å². The summed E-state index contributed by atoms with van der Waals surface area (Å²) in [6.45, 7) is 2.69. The van der Waals surface area contributed by atoms with Gasteiger partial charge in [0.2, 0.25) is 0 Å². The van der Waals surface area contributed by atoms with Gasteiger partial charge in [0.25, 0.3) is 5.91 Å². The van der Waals surface area contributed by atoms with Crippen molar-refractivity contribution in [2.45, 2.75) is 32.6 Å². The van der Waals surface area contributed by atoms with Crippen molar-refractivity contribution in [1.82, 2.24) is 5.32 Å². The van der Waals surface area contributed by atoms with Gasteiger partial charge in [0.05, 0.1) is 12.7 Å². The SMILES string of the molecule is COc1ccc(C)cc1C(=O)NCCCCCCBr. The van der Waals surface area contributed by atoms with Gasteiger partial charge < -0.3 is 10.1 Å². The molecule has 0 radical (unpaired) electrons. The molecule has 0 aliphatic heterocycles. The first kappa shape index (κ1) is 16.0. The van der Waals surface area contributed by atoms with Crippen LogP contribution in [0.1, 0.15) is 41.6 Å². The number of nitrogens with one attached hydrogen (secondary N) is 1. The maximum Gasteiger partial charge on any atom is 0.255 e. The molecule has 19 heavy (non-hydrogen) atoms. The number of carbonyl (C=O) groups is 1. The Morgan fingerprint density at radius 1 is 1.26 bits per heavy atom. The fourth-order valence-corrected chi connectivity index (χ4v) is 2.27. The van der Waals surface area contributed by atoms with Crippen LogP contribution in [0.4, 0.5) is 0 Å². The van der Waals surface area contributed by atoms with Gasteiger partial charge in [0.15, 0.2) is 0 Å². The molecule has 0 saturated heterocycles. The molecule has 0 aromatic heterocycles. The maximum absolute atomic E-state index is 12.1. The molecule has 0 heterocycles. The molecule has 1 rings (SSSR count). The third-order valence-corrected chi connectivity index (χ3v) is 3.51. The number of unbranched alkanes of at least 4 members (excludes halogenated alkanes) is 3. The Kier molecular flexibility index (Phi) is 7.56. The van der Waals surface area contributed by atoms with Crippen molar-refractivity contribution in [2.24, 2.45) is 0 Å². The maximum atomic E-state index is 12.1. The molecule has 0 atom stereocenters. The Hall–Kier alpha value is -1.03. The van der Waals surface area contributed by atoms with Gasteiger partial charge in [0.1, 0.15) is 5.75 Å². The van der Waals surface area contributed by atoms with Gasteiger partial charge in [-0.05, 0) is 31.9 Å². The molecule has 4 heteroatoms.